The van der Waals surface area contributed by atoms with Gasteiger partial charge in [0, 0.05) is 51.0 Å². The molecule has 0 atom stereocenters. The number of carbonyl (C=O) groups excluding carboxylic acids is 1. The molecule has 0 saturated carbocycles. The maximum atomic E-state index is 12.8. The average molecular weight is 364 g/mol. The molecule has 1 aliphatic rings. The molecule has 0 spiro atoms. The van der Waals surface area contributed by atoms with Gasteiger partial charge in [-0.15, -0.1) is 0 Å². The maximum Gasteiger partial charge on any atom is 0.255 e. The van der Waals surface area contributed by atoms with Gasteiger partial charge in [0.15, 0.2) is 0 Å². The van der Waals surface area contributed by atoms with Gasteiger partial charge in [0.05, 0.1) is 24.1 Å². The second kappa shape index (κ2) is 7.86. The molecule has 8 nitrogen and oxygen atoms in total. The summed E-state index contributed by atoms with van der Waals surface area (Å²) in [5, 5.41) is 3.22. The first-order valence-electron chi connectivity index (χ1n) is 8.82. The van der Waals surface area contributed by atoms with Gasteiger partial charge in [0.1, 0.15) is 5.76 Å². The number of nitrogens with zero attached hydrogens (tertiary/aromatic N) is 5. The molecule has 1 amide bonds. The Balaban J connectivity index is 1.36. The number of pyridine rings is 1. The summed E-state index contributed by atoms with van der Waals surface area (Å²) >= 11 is 0. The largest absolute Gasteiger partial charge is 0.467 e. The zero-order valence-corrected chi connectivity index (χ0v) is 14.8. The Labute approximate surface area is 156 Å². The molecule has 0 bridgehead atoms. The number of amides is 1. The fourth-order valence-electron chi connectivity index (χ4n) is 3.00. The molecule has 138 valence electrons. The van der Waals surface area contributed by atoms with Crippen molar-refractivity contribution in [3.8, 4) is 0 Å². The molecule has 0 aliphatic carbocycles. The molecule has 4 heterocycles. The standard InChI is InChI=1S/C19H20N6O2/c26-18(24-6-8-25(9-7-24)19-21-4-2-5-22-19)15-11-16(13-20-12-15)23-14-17-3-1-10-27-17/h1-5,10-13,23H,6-9,14H2. The summed E-state index contributed by atoms with van der Waals surface area (Å²) in [6, 6.07) is 7.36. The van der Waals surface area contributed by atoms with Crippen LogP contribution in [-0.4, -0.2) is 51.9 Å². The summed E-state index contributed by atoms with van der Waals surface area (Å²) in [7, 11) is 0. The van der Waals surface area contributed by atoms with E-state index in [9.17, 15) is 4.79 Å². The minimum atomic E-state index is -0.0159. The van der Waals surface area contributed by atoms with Crippen LogP contribution in [0.25, 0.3) is 0 Å². The zero-order chi connectivity index (χ0) is 18.5. The molecule has 1 fully saturated rings. The first-order valence-corrected chi connectivity index (χ1v) is 8.82. The zero-order valence-electron chi connectivity index (χ0n) is 14.8. The fourth-order valence-corrected chi connectivity index (χ4v) is 3.00. The van der Waals surface area contributed by atoms with Gasteiger partial charge < -0.3 is 19.5 Å². The summed E-state index contributed by atoms with van der Waals surface area (Å²) in [4.78, 5) is 29.5. The maximum absolute atomic E-state index is 12.8. The van der Waals surface area contributed by atoms with Crippen molar-refractivity contribution in [2.24, 2.45) is 0 Å². The minimum absolute atomic E-state index is 0.0159. The van der Waals surface area contributed by atoms with E-state index in [4.69, 9.17) is 4.42 Å². The highest BCUT2D eigenvalue weighted by Gasteiger charge is 2.23. The first kappa shape index (κ1) is 17.0. The van der Waals surface area contributed by atoms with Crippen molar-refractivity contribution >= 4 is 17.5 Å². The second-order valence-electron chi connectivity index (χ2n) is 6.22. The first-order chi connectivity index (χ1) is 13.3. The molecule has 0 aromatic carbocycles. The van der Waals surface area contributed by atoms with Gasteiger partial charge in [0.2, 0.25) is 5.95 Å². The van der Waals surface area contributed by atoms with E-state index in [2.05, 4.69) is 25.2 Å². The third kappa shape index (κ3) is 4.05. The number of piperazine rings is 1. The van der Waals surface area contributed by atoms with Crippen LogP contribution in [0.4, 0.5) is 11.6 Å². The SMILES string of the molecule is O=C(c1cncc(NCc2ccco2)c1)N1CCN(c2ncccn2)CC1. The molecule has 0 unspecified atom stereocenters. The van der Waals surface area contributed by atoms with E-state index in [0.29, 0.717) is 44.2 Å². The van der Waals surface area contributed by atoms with Gasteiger partial charge in [-0.2, -0.15) is 0 Å². The Morgan fingerprint density at radius 2 is 1.93 bits per heavy atom. The van der Waals surface area contributed by atoms with Gasteiger partial charge >= 0.3 is 0 Å². The number of furan rings is 1. The van der Waals surface area contributed by atoms with Gasteiger partial charge in [-0.05, 0) is 24.3 Å². The molecular formula is C19H20N6O2. The Morgan fingerprint density at radius 3 is 2.67 bits per heavy atom. The second-order valence-corrected chi connectivity index (χ2v) is 6.22. The van der Waals surface area contributed by atoms with Crippen molar-refractivity contribution < 1.29 is 9.21 Å². The third-order valence-corrected chi connectivity index (χ3v) is 4.43. The fraction of sp³-hybridized carbons (Fsp3) is 0.263. The Bertz CT molecular complexity index is 876. The molecule has 0 radical (unpaired) electrons. The van der Waals surface area contributed by atoms with Crippen LogP contribution in [-0.2, 0) is 6.54 Å². The van der Waals surface area contributed by atoms with Crippen LogP contribution in [0, 0.1) is 0 Å². The Hall–Kier alpha value is -3.42. The van der Waals surface area contributed by atoms with E-state index in [1.165, 1.54) is 0 Å². The highest BCUT2D eigenvalue weighted by Crippen LogP contribution is 2.15. The molecule has 3 aromatic rings. The van der Waals surface area contributed by atoms with Crippen LogP contribution in [0.15, 0.2) is 59.7 Å². The molecule has 1 N–H and O–H groups in total. The van der Waals surface area contributed by atoms with Crippen LogP contribution in [0.2, 0.25) is 0 Å². The van der Waals surface area contributed by atoms with E-state index >= 15 is 0 Å². The molecule has 27 heavy (non-hydrogen) atoms. The van der Waals surface area contributed by atoms with E-state index in [1.807, 2.05) is 23.1 Å². The number of nitrogens with one attached hydrogen (secondary N) is 1. The molecule has 1 saturated heterocycles. The highest BCUT2D eigenvalue weighted by molar-refractivity contribution is 5.94. The summed E-state index contributed by atoms with van der Waals surface area (Å²) < 4.78 is 5.30. The van der Waals surface area contributed by atoms with E-state index < -0.39 is 0 Å². The van der Waals surface area contributed by atoms with Gasteiger partial charge in [-0.3, -0.25) is 9.78 Å². The monoisotopic (exact) mass is 364 g/mol. The number of hydrogen-bond donors (Lipinski definition) is 1. The van der Waals surface area contributed by atoms with Crippen LogP contribution in [0.1, 0.15) is 16.1 Å². The molecule has 3 aromatic heterocycles. The average Bonchev–Trinajstić information content (AvgIpc) is 3.26. The lowest BCUT2D eigenvalue weighted by molar-refractivity contribution is 0.0746. The van der Waals surface area contributed by atoms with Crippen molar-refractivity contribution in [3.63, 3.8) is 0 Å². The van der Waals surface area contributed by atoms with Crippen molar-refractivity contribution in [1.82, 2.24) is 19.9 Å². The number of anilines is 2. The highest BCUT2D eigenvalue weighted by atomic mass is 16.3. The predicted molar refractivity (Wildman–Crippen MR) is 100 cm³/mol. The number of aromatic nitrogens is 3. The normalized spacial score (nSPS) is 14.2. The third-order valence-electron chi connectivity index (χ3n) is 4.43. The summed E-state index contributed by atoms with van der Waals surface area (Å²) in [6.45, 7) is 3.21. The topological polar surface area (TPSA) is 87.4 Å². The van der Waals surface area contributed by atoms with Crippen molar-refractivity contribution in [2.45, 2.75) is 6.54 Å². The summed E-state index contributed by atoms with van der Waals surface area (Å²) in [6.07, 6.45) is 8.40. The predicted octanol–water partition coefficient (Wildman–Crippen LogP) is 2.04. The molecule has 1 aliphatic heterocycles. The van der Waals surface area contributed by atoms with Gasteiger partial charge in [0.25, 0.3) is 5.91 Å². The van der Waals surface area contributed by atoms with E-state index in [-0.39, 0.29) is 5.91 Å². The molecule has 4 rings (SSSR count). The summed E-state index contributed by atoms with van der Waals surface area (Å²) in [5.41, 5.74) is 1.36. The molecular weight excluding hydrogens is 344 g/mol. The van der Waals surface area contributed by atoms with E-state index in [0.717, 1.165) is 11.4 Å². The number of rotatable bonds is 5. The smallest absolute Gasteiger partial charge is 0.255 e. The minimum Gasteiger partial charge on any atom is -0.467 e. The lowest BCUT2D eigenvalue weighted by Gasteiger charge is -2.34. The van der Waals surface area contributed by atoms with Crippen LogP contribution in [0.5, 0.6) is 0 Å². The quantitative estimate of drug-likeness (QED) is 0.741. The van der Waals surface area contributed by atoms with Crippen LogP contribution >= 0.6 is 0 Å². The van der Waals surface area contributed by atoms with Crippen LogP contribution in [0.3, 0.4) is 0 Å². The number of hydrogen-bond acceptors (Lipinski definition) is 7. The Kier molecular flexibility index (Phi) is 4.95. The number of carbonyl (C=O) groups is 1. The van der Waals surface area contributed by atoms with E-state index in [1.54, 1.807) is 37.1 Å². The van der Waals surface area contributed by atoms with Crippen LogP contribution < -0.4 is 10.2 Å². The lowest BCUT2D eigenvalue weighted by atomic mass is 10.2. The molecule has 8 heteroatoms. The summed E-state index contributed by atoms with van der Waals surface area (Å²) in [5.74, 6) is 1.51. The van der Waals surface area contributed by atoms with Crippen molar-refractivity contribution in [3.05, 3.63) is 66.6 Å². The van der Waals surface area contributed by atoms with Crippen molar-refractivity contribution in [1.29, 1.82) is 0 Å². The van der Waals surface area contributed by atoms with Gasteiger partial charge in [-0.25, -0.2) is 9.97 Å². The van der Waals surface area contributed by atoms with Crippen molar-refractivity contribution in [2.75, 3.05) is 36.4 Å². The lowest BCUT2D eigenvalue weighted by Crippen LogP contribution is -2.49. The Morgan fingerprint density at radius 1 is 1.11 bits per heavy atom. The van der Waals surface area contributed by atoms with Gasteiger partial charge in [-0.1, -0.05) is 0 Å².